The summed E-state index contributed by atoms with van der Waals surface area (Å²) < 4.78 is 42.1. The molecule has 1 aromatic carbocycles. The van der Waals surface area contributed by atoms with Gasteiger partial charge in [0.25, 0.3) is 0 Å². The van der Waals surface area contributed by atoms with Crippen LogP contribution in [-0.2, 0) is 26.9 Å². The van der Waals surface area contributed by atoms with E-state index in [2.05, 4.69) is 10.1 Å². The van der Waals surface area contributed by atoms with E-state index in [9.17, 15) is 22.8 Å². The molecule has 0 heterocycles. The molecule has 0 saturated heterocycles. The molecule has 0 aliphatic carbocycles. The van der Waals surface area contributed by atoms with E-state index in [4.69, 9.17) is 0 Å². The number of methoxy groups -OCH3 is 1. The van der Waals surface area contributed by atoms with Gasteiger partial charge in [0.2, 0.25) is 5.91 Å². The highest BCUT2D eigenvalue weighted by Gasteiger charge is 2.30. The first kappa shape index (κ1) is 19.0. The number of hydrogen-bond acceptors (Lipinski definition) is 3. The number of hydrogen-bond donors (Lipinski definition) is 1. The molecular weight excluding hydrogens is 311 g/mol. The van der Waals surface area contributed by atoms with Gasteiger partial charge < -0.3 is 10.1 Å². The Labute approximate surface area is 133 Å². The summed E-state index contributed by atoms with van der Waals surface area (Å²) in [5.41, 5.74) is -0.336. The molecule has 1 amide bonds. The monoisotopic (exact) mass is 331 g/mol. The van der Waals surface area contributed by atoms with Crippen LogP contribution < -0.4 is 5.32 Å². The van der Waals surface area contributed by atoms with E-state index < -0.39 is 29.7 Å². The number of carbonyl (C=O) groups is 2. The van der Waals surface area contributed by atoms with Crippen molar-refractivity contribution in [1.29, 1.82) is 0 Å². The number of ether oxygens (including phenoxy) is 1. The minimum Gasteiger partial charge on any atom is -0.467 e. The molecule has 0 bridgehead atoms. The molecule has 1 N–H and O–H groups in total. The molecule has 0 saturated carbocycles. The summed E-state index contributed by atoms with van der Waals surface area (Å²) in [5, 5.41) is 2.58. The van der Waals surface area contributed by atoms with Crippen LogP contribution >= 0.6 is 0 Å². The number of esters is 1. The van der Waals surface area contributed by atoms with Crippen LogP contribution in [0.4, 0.5) is 13.2 Å². The van der Waals surface area contributed by atoms with Gasteiger partial charge in [0.1, 0.15) is 6.04 Å². The maximum Gasteiger partial charge on any atom is 0.416 e. The van der Waals surface area contributed by atoms with Gasteiger partial charge in [-0.15, -0.1) is 0 Å². The number of carbonyl (C=O) groups excluding carboxylic acids is 2. The molecule has 4 nitrogen and oxygen atoms in total. The molecule has 0 radical (unpaired) electrons. The van der Waals surface area contributed by atoms with Gasteiger partial charge in [0.15, 0.2) is 0 Å². The van der Waals surface area contributed by atoms with E-state index in [-0.39, 0.29) is 12.3 Å². The molecule has 23 heavy (non-hydrogen) atoms. The van der Waals surface area contributed by atoms with Gasteiger partial charge in [0, 0.05) is 0 Å². The lowest BCUT2D eigenvalue weighted by molar-refractivity contribution is -0.146. The Morgan fingerprint density at radius 3 is 2.22 bits per heavy atom. The van der Waals surface area contributed by atoms with Crippen molar-refractivity contribution in [2.45, 2.75) is 38.9 Å². The third-order valence-corrected chi connectivity index (χ3v) is 3.63. The summed E-state index contributed by atoms with van der Waals surface area (Å²) in [7, 11) is 1.24. The van der Waals surface area contributed by atoms with E-state index in [1.54, 1.807) is 6.92 Å². The Bertz CT molecular complexity index is 540. The predicted molar refractivity (Wildman–Crippen MR) is 78.5 cm³/mol. The molecule has 2 atom stereocenters. The minimum atomic E-state index is -4.41. The highest BCUT2D eigenvalue weighted by molar-refractivity contribution is 5.85. The molecule has 7 heteroatoms. The van der Waals surface area contributed by atoms with Gasteiger partial charge in [0.05, 0.1) is 19.1 Å². The van der Waals surface area contributed by atoms with E-state index in [0.717, 1.165) is 12.1 Å². The normalized spacial score (nSPS) is 14.0. The third-order valence-electron chi connectivity index (χ3n) is 3.63. The molecule has 0 fully saturated rings. The summed E-state index contributed by atoms with van der Waals surface area (Å²) in [6.45, 7) is 3.68. The molecule has 0 spiro atoms. The second-order valence-electron chi connectivity index (χ2n) is 5.33. The smallest absolute Gasteiger partial charge is 0.416 e. The largest absolute Gasteiger partial charge is 0.467 e. The van der Waals surface area contributed by atoms with Crippen molar-refractivity contribution in [3.8, 4) is 0 Å². The van der Waals surface area contributed by atoms with Crippen LogP contribution in [0.5, 0.6) is 0 Å². The van der Waals surface area contributed by atoms with Crippen molar-refractivity contribution in [3.63, 3.8) is 0 Å². The Morgan fingerprint density at radius 2 is 1.78 bits per heavy atom. The summed E-state index contributed by atoms with van der Waals surface area (Å²) in [4.78, 5) is 23.7. The zero-order chi connectivity index (χ0) is 17.6. The van der Waals surface area contributed by atoms with Crippen molar-refractivity contribution in [1.82, 2.24) is 5.32 Å². The average molecular weight is 331 g/mol. The number of alkyl halides is 3. The number of halogens is 3. The first-order valence-corrected chi connectivity index (χ1v) is 7.22. The zero-order valence-electron chi connectivity index (χ0n) is 13.2. The lowest BCUT2D eigenvalue weighted by Gasteiger charge is -2.21. The zero-order valence-corrected chi connectivity index (χ0v) is 13.2. The minimum absolute atomic E-state index is 0.109. The van der Waals surface area contributed by atoms with Crippen molar-refractivity contribution in [2.24, 2.45) is 5.92 Å². The molecule has 0 aliphatic heterocycles. The number of nitrogens with one attached hydrogen (secondary N) is 1. The Kier molecular flexibility index (Phi) is 6.60. The van der Waals surface area contributed by atoms with E-state index in [1.807, 2.05) is 6.92 Å². The number of benzene rings is 1. The molecule has 0 unspecified atom stereocenters. The van der Waals surface area contributed by atoms with Crippen molar-refractivity contribution in [2.75, 3.05) is 7.11 Å². The highest BCUT2D eigenvalue weighted by atomic mass is 19.4. The first-order valence-electron chi connectivity index (χ1n) is 7.22. The van der Waals surface area contributed by atoms with Crippen LogP contribution in [-0.4, -0.2) is 25.0 Å². The molecule has 128 valence electrons. The summed E-state index contributed by atoms with van der Waals surface area (Å²) in [5.74, 6) is -1.10. The second-order valence-corrected chi connectivity index (χ2v) is 5.33. The van der Waals surface area contributed by atoms with E-state index in [1.165, 1.54) is 19.2 Å². The maximum absolute atomic E-state index is 12.5. The van der Waals surface area contributed by atoms with Gasteiger partial charge in [-0.2, -0.15) is 13.2 Å². The van der Waals surface area contributed by atoms with Crippen LogP contribution in [0.3, 0.4) is 0 Å². The van der Waals surface area contributed by atoms with Crippen LogP contribution in [0.2, 0.25) is 0 Å². The summed E-state index contributed by atoms with van der Waals surface area (Å²) in [6.07, 6.45) is -3.85. The van der Waals surface area contributed by atoms with Crippen LogP contribution in [0.25, 0.3) is 0 Å². The number of rotatable bonds is 6. The molecule has 0 aromatic heterocycles. The topological polar surface area (TPSA) is 55.4 Å². The van der Waals surface area contributed by atoms with Crippen molar-refractivity contribution in [3.05, 3.63) is 35.4 Å². The quantitative estimate of drug-likeness (QED) is 0.816. The molecule has 0 aliphatic rings. The average Bonchev–Trinajstić information content (AvgIpc) is 2.50. The lowest BCUT2D eigenvalue weighted by atomic mass is 9.98. The highest BCUT2D eigenvalue weighted by Crippen LogP contribution is 2.29. The predicted octanol–water partition coefficient (Wildman–Crippen LogP) is 2.95. The van der Waals surface area contributed by atoms with Crippen LogP contribution in [0.1, 0.15) is 31.4 Å². The Morgan fingerprint density at radius 1 is 1.22 bits per heavy atom. The van der Waals surface area contributed by atoms with Gasteiger partial charge >= 0.3 is 12.1 Å². The number of amides is 1. The van der Waals surface area contributed by atoms with E-state index in [0.29, 0.717) is 12.0 Å². The Hall–Kier alpha value is -2.05. The molecule has 1 rings (SSSR count). The first-order chi connectivity index (χ1) is 10.7. The molecule has 1 aromatic rings. The fourth-order valence-electron chi connectivity index (χ4n) is 2.02. The van der Waals surface area contributed by atoms with Gasteiger partial charge in [-0.3, -0.25) is 4.79 Å². The van der Waals surface area contributed by atoms with Gasteiger partial charge in [-0.1, -0.05) is 32.4 Å². The summed E-state index contributed by atoms with van der Waals surface area (Å²) in [6, 6.07) is 3.58. The van der Waals surface area contributed by atoms with Crippen LogP contribution in [0, 0.1) is 5.92 Å². The SMILES string of the molecule is CC[C@@H](C)[C@@H](NC(=O)Cc1ccc(C(F)(F)F)cc1)C(=O)OC. The van der Waals surface area contributed by atoms with Gasteiger partial charge in [-0.25, -0.2) is 4.79 Å². The molecular formula is C16H20F3NO3. The summed E-state index contributed by atoms with van der Waals surface area (Å²) >= 11 is 0. The van der Waals surface area contributed by atoms with Crippen molar-refractivity contribution < 1.29 is 27.5 Å². The fourth-order valence-corrected chi connectivity index (χ4v) is 2.02. The lowest BCUT2D eigenvalue weighted by Crippen LogP contribution is -2.46. The fraction of sp³-hybridized carbons (Fsp3) is 0.500. The Balaban J connectivity index is 2.73. The third kappa shape index (κ3) is 5.58. The van der Waals surface area contributed by atoms with Crippen LogP contribution in [0.15, 0.2) is 24.3 Å². The van der Waals surface area contributed by atoms with E-state index >= 15 is 0 Å². The maximum atomic E-state index is 12.5. The van der Waals surface area contributed by atoms with Crippen molar-refractivity contribution >= 4 is 11.9 Å². The second kappa shape index (κ2) is 7.99. The van der Waals surface area contributed by atoms with Gasteiger partial charge in [-0.05, 0) is 23.6 Å². The standard InChI is InChI=1S/C16H20F3NO3/c1-4-10(2)14(15(22)23-3)20-13(21)9-11-5-7-12(8-6-11)16(17,18)19/h5-8,10,14H,4,9H2,1-3H3,(H,20,21)/t10-,14-/m1/s1.